The second-order valence-electron chi connectivity index (χ2n) is 8.46. The van der Waals surface area contributed by atoms with Gasteiger partial charge in [-0.25, -0.2) is 0 Å². The lowest BCUT2D eigenvalue weighted by Gasteiger charge is -2.19. The summed E-state index contributed by atoms with van der Waals surface area (Å²) < 4.78 is 5.50. The van der Waals surface area contributed by atoms with Gasteiger partial charge in [0.15, 0.2) is 11.7 Å². The first-order valence-electron chi connectivity index (χ1n) is 10.5. The zero-order chi connectivity index (χ0) is 23.8. The van der Waals surface area contributed by atoms with E-state index < -0.39 is 5.91 Å². The maximum absolute atomic E-state index is 12.3. The minimum absolute atomic E-state index is 0.00213. The van der Waals surface area contributed by atoms with Crippen molar-refractivity contribution in [1.29, 1.82) is 0 Å². The highest BCUT2D eigenvalue weighted by atomic mass is 32.1. The minimum Gasteiger partial charge on any atom is -0.484 e. The second kappa shape index (κ2) is 10.7. The second-order valence-corrected chi connectivity index (χ2v) is 8.87. The van der Waals surface area contributed by atoms with Gasteiger partial charge in [-0.05, 0) is 58.6 Å². The highest BCUT2D eigenvalue weighted by Gasteiger charge is 2.15. The Morgan fingerprint density at radius 1 is 0.818 bits per heavy atom. The van der Waals surface area contributed by atoms with Crippen molar-refractivity contribution in [2.24, 2.45) is 0 Å². The van der Waals surface area contributed by atoms with Crippen molar-refractivity contribution in [2.45, 2.75) is 26.2 Å². The molecule has 2 amide bonds. The highest BCUT2D eigenvalue weighted by Crippen LogP contribution is 2.23. The largest absolute Gasteiger partial charge is 0.484 e. The molecule has 3 aromatic rings. The molecule has 0 unspecified atom stereocenters. The quantitative estimate of drug-likeness (QED) is 0.389. The zero-order valence-corrected chi connectivity index (χ0v) is 19.7. The summed E-state index contributed by atoms with van der Waals surface area (Å²) in [5, 5.41) is 2.52. The summed E-state index contributed by atoms with van der Waals surface area (Å²) in [6, 6.07) is 24.8. The van der Waals surface area contributed by atoms with E-state index in [0.717, 1.165) is 16.7 Å². The third-order valence-corrected chi connectivity index (χ3v) is 5.09. The molecule has 0 saturated heterocycles. The summed E-state index contributed by atoms with van der Waals surface area (Å²) in [6.07, 6.45) is 0. The summed E-state index contributed by atoms with van der Waals surface area (Å²) in [6.45, 7) is 6.11. The highest BCUT2D eigenvalue weighted by molar-refractivity contribution is 7.80. The van der Waals surface area contributed by atoms with Crippen LogP contribution in [0, 0.1) is 0 Å². The predicted octanol–water partition coefficient (Wildman–Crippen LogP) is 4.37. The molecule has 0 aliphatic heterocycles. The van der Waals surface area contributed by atoms with Crippen molar-refractivity contribution in [3.05, 3.63) is 90.0 Å². The summed E-state index contributed by atoms with van der Waals surface area (Å²) in [7, 11) is 0. The van der Waals surface area contributed by atoms with Crippen LogP contribution in [0.5, 0.6) is 5.75 Å². The van der Waals surface area contributed by atoms with Gasteiger partial charge in [0, 0.05) is 5.56 Å². The molecule has 0 heterocycles. The predicted molar refractivity (Wildman–Crippen MR) is 134 cm³/mol. The molecule has 0 fully saturated rings. The molecule has 0 aliphatic rings. The SMILES string of the molecule is CC(C)(C)c1ccc(C(=O)NC(=S)NNC(=O)COc2ccc(-c3ccccc3)cc2)cc1. The summed E-state index contributed by atoms with van der Waals surface area (Å²) in [4.78, 5) is 24.4. The van der Waals surface area contributed by atoms with Crippen LogP contribution in [0.1, 0.15) is 36.7 Å². The maximum Gasteiger partial charge on any atom is 0.276 e. The van der Waals surface area contributed by atoms with Crippen molar-refractivity contribution in [1.82, 2.24) is 16.2 Å². The van der Waals surface area contributed by atoms with Crippen LogP contribution in [-0.4, -0.2) is 23.5 Å². The normalized spacial score (nSPS) is 10.8. The summed E-state index contributed by atoms with van der Waals surface area (Å²) in [5.74, 6) is -0.232. The van der Waals surface area contributed by atoms with E-state index in [0.29, 0.717) is 11.3 Å². The fourth-order valence-corrected chi connectivity index (χ4v) is 3.16. The van der Waals surface area contributed by atoms with Crippen LogP contribution < -0.4 is 20.9 Å². The van der Waals surface area contributed by atoms with E-state index >= 15 is 0 Å². The number of amides is 2. The Morgan fingerprint density at radius 2 is 1.42 bits per heavy atom. The molecule has 0 radical (unpaired) electrons. The zero-order valence-electron chi connectivity index (χ0n) is 18.8. The van der Waals surface area contributed by atoms with Gasteiger partial charge in [0.1, 0.15) is 5.75 Å². The fourth-order valence-electron chi connectivity index (χ4n) is 3.01. The van der Waals surface area contributed by atoms with Gasteiger partial charge in [0.25, 0.3) is 11.8 Å². The lowest BCUT2D eigenvalue weighted by Crippen LogP contribution is -2.49. The average Bonchev–Trinajstić information content (AvgIpc) is 2.82. The third kappa shape index (κ3) is 7.15. The van der Waals surface area contributed by atoms with Crippen molar-refractivity contribution in [3.8, 4) is 16.9 Å². The molecule has 0 aromatic heterocycles. The Kier molecular flexibility index (Phi) is 7.79. The third-order valence-electron chi connectivity index (χ3n) is 4.89. The van der Waals surface area contributed by atoms with Crippen LogP contribution in [0.2, 0.25) is 0 Å². The molecule has 33 heavy (non-hydrogen) atoms. The van der Waals surface area contributed by atoms with Crippen LogP contribution >= 0.6 is 12.2 Å². The first-order valence-corrected chi connectivity index (χ1v) is 10.9. The Morgan fingerprint density at radius 3 is 2.03 bits per heavy atom. The minimum atomic E-state index is -0.437. The molecule has 0 atom stereocenters. The van der Waals surface area contributed by atoms with Crippen LogP contribution in [0.25, 0.3) is 11.1 Å². The van der Waals surface area contributed by atoms with E-state index in [1.807, 2.05) is 54.6 Å². The number of hydrazine groups is 1. The van der Waals surface area contributed by atoms with Crippen molar-refractivity contribution in [2.75, 3.05) is 6.61 Å². The lowest BCUT2D eigenvalue weighted by molar-refractivity contribution is -0.123. The van der Waals surface area contributed by atoms with E-state index in [1.54, 1.807) is 24.3 Å². The molecule has 0 aliphatic carbocycles. The van der Waals surface area contributed by atoms with Gasteiger partial charge in [0.2, 0.25) is 0 Å². The van der Waals surface area contributed by atoms with E-state index in [-0.39, 0.29) is 23.0 Å². The fraction of sp³-hybridized carbons (Fsp3) is 0.192. The number of hydrogen-bond acceptors (Lipinski definition) is 4. The summed E-state index contributed by atoms with van der Waals surface area (Å²) in [5.41, 5.74) is 8.68. The van der Waals surface area contributed by atoms with Crippen LogP contribution in [0.3, 0.4) is 0 Å². The standard InChI is InChI=1S/C26H27N3O3S/c1-26(2,3)21-13-9-20(10-14-21)24(31)27-25(33)29-28-23(30)17-32-22-15-11-19(12-16-22)18-7-5-4-6-8-18/h4-16H,17H2,1-3H3,(H,28,30)(H2,27,29,31,33). The first-order chi connectivity index (χ1) is 15.7. The number of thiocarbonyl (C=S) groups is 1. The average molecular weight is 462 g/mol. The first kappa shape index (κ1) is 23.9. The van der Waals surface area contributed by atoms with Crippen molar-refractivity contribution >= 4 is 29.1 Å². The van der Waals surface area contributed by atoms with Gasteiger partial charge in [-0.2, -0.15) is 0 Å². The molecule has 3 rings (SSSR count). The number of benzene rings is 3. The van der Waals surface area contributed by atoms with Gasteiger partial charge in [-0.1, -0.05) is 75.4 Å². The van der Waals surface area contributed by atoms with E-state index in [1.165, 1.54) is 0 Å². The molecule has 6 nitrogen and oxygen atoms in total. The number of hydrogen-bond donors (Lipinski definition) is 3. The maximum atomic E-state index is 12.3. The van der Waals surface area contributed by atoms with E-state index in [4.69, 9.17) is 17.0 Å². The molecular formula is C26H27N3O3S. The van der Waals surface area contributed by atoms with Crippen LogP contribution in [0.4, 0.5) is 0 Å². The smallest absolute Gasteiger partial charge is 0.276 e. The molecule has 3 N–H and O–H groups in total. The Labute approximate surface area is 199 Å². The van der Waals surface area contributed by atoms with Gasteiger partial charge in [0.05, 0.1) is 0 Å². The van der Waals surface area contributed by atoms with E-state index in [9.17, 15) is 9.59 Å². The molecule has 0 saturated carbocycles. The number of carbonyl (C=O) groups is 2. The van der Waals surface area contributed by atoms with Gasteiger partial charge in [-0.15, -0.1) is 0 Å². The number of nitrogens with one attached hydrogen (secondary N) is 3. The molecule has 0 bridgehead atoms. The topological polar surface area (TPSA) is 79.5 Å². The molecule has 170 valence electrons. The number of carbonyl (C=O) groups excluding carboxylic acids is 2. The summed E-state index contributed by atoms with van der Waals surface area (Å²) >= 11 is 5.07. The van der Waals surface area contributed by atoms with Crippen LogP contribution in [-0.2, 0) is 10.2 Å². The van der Waals surface area contributed by atoms with Gasteiger partial charge < -0.3 is 4.74 Å². The van der Waals surface area contributed by atoms with Crippen molar-refractivity contribution in [3.63, 3.8) is 0 Å². The molecule has 7 heteroatoms. The molecular weight excluding hydrogens is 434 g/mol. The van der Waals surface area contributed by atoms with Crippen molar-refractivity contribution < 1.29 is 14.3 Å². The Bertz CT molecular complexity index is 1110. The Hall–Kier alpha value is -3.71. The molecule has 3 aromatic carbocycles. The van der Waals surface area contributed by atoms with Gasteiger partial charge in [-0.3, -0.25) is 25.8 Å². The monoisotopic (exact) mass is 461 g/mol. The van der Waals surface area contributed by atoms with Crippen LogP contribution in [0.15, 0.2) is 78.9 Å². The van der Waals surface area contributed by atoms with E-state index in [2.05, 4.69) is 36.9 Å². The lowest BCUT2D eigenvalue weighted by atomic mass is 9.87. The number of rotatable bonds is 5. The number of ether oxygens (including phenoxy) is 1. The Balaban J connectivity index is 1.41. The molecule has 0 spiro atoms. The van der Waals surface area contributed by atoms with Gasteiger partial charge >= 0.3 is 0 Å².